The molecule has 2 heterocycles. The van der Waals surface area contributed by atoms with E-state index in [1.165, 1.54) is 0 Å². The molecule has 2 N–H and O–H groups in total. The van der Waals surface area contributed by atoms with E-state index < -0.39 is 12.5 Å². The van der Waals surface area contributed by atoms with Crippen LogP contribution in [0.4, 0.5) is 0 Å². The van der Waals surface area contributed by atoms with E-state index in [0.29, 0.717) is 30.5 Å². The number of carbonyl (C=O) groups is 1. The summed E-state index contributed by atoms with van der Waals surface area (Å²) in [5.41, 5.74) is 3.36. The van der Waals surface area contributed by atoms with Gasteiger partial charge in [-0.05, 0) is 37.0 Å². The van der Waals surface area contributed by atoms with Gasteiger partial charge in [0.05, 0.1) is 6.04 Å². The van der Waals surface area contributed by atoms with Crippen molar-refractivity contribution in [2.45, 2.75) is 51.0 Å². The molecule has 2 aliphatic rings. The van der Waals surface area contributed by atoms with Gasteiger partial charge < -0.3 is 24.6 Å². The van der Waals surface area contributed by atoms with Crippen molar-refractivity contribution in [3.63, 3.8) is 0 Å². The zero-order valence-electron chi connectivity index (χ0n) is 18.3. The van der Waals surface area contributed by atoms with E-state index in [1.54, 1.807) is 14.2 Å². The minimum absolute atomic E-state index is 0.0167. The Balaban J connectivity index is 1.49. The molecule has 2 aliphatic heterocycles. The fraction of sp³-hybridized carbons (Fsp3) is 0.458. The molecular weight excluding hydrogens is 432 g/mol. The Labute approximate surface area is 193 Å². The van der Waals surface area contributed by atoms with Crippen LogP contribution < -0.4 is 10.1 Å². The predicted molar refractivity (Wildman–Crippen MR) is 120 cm³/mol. The zero-order valence-corrected chi connectivity index (χ0v) is 19.1. The molecule has 0 saturated carbocycles. The molecule has 7 nitrogen and oxygen atoms in total. The second-order valence-electron chi connectivity index (χ2n) is 8.12. The number of hydrogen-bond acceptors (Lipinski definition) is 6. The number of methoxy groups -OCH3 is 2. The molecule has 0 bridgehead atoms. The fourth-order valence-corrected chi connectivity index (χ4v) is 4.75. The van der Waals surface area contributed by atoms with Crippen LogP contribution in [0, 0.1) is 0 Å². The van der Waals surface area contributed by atoms with E-state index in [-0.39, 0.29) is 11.9 Å². The molecule has 1 fully saturated rings. The van der Waals surface area contributed by atoms with Gasteiger partial charge in [-0.1, -0.05) is 35.9 Å². The quantitative estimate of drug-likeness (QED) is 0.613. The predicted octanol–water partition coefficient (Wildman–Crippen LogP) is 3.69. The van der Waals surface area contributed by atoms with Crippen LogP contribution in [0.2, 0.25) is 5.02 Å². The molecule has 0 radical (unpaired) electrons. The molecule has 0 aromatic heterocycles. The Morgan fingerprint density at radius 1 is 1.22 bits per heavy atom. The van der Waals surface area contributed by atoms with E-state index in [1.807, 2.05) is 41.3 Å². The Bertz CT molecular complexity index is 965. The van der Waals surface area contributed by atoms with E-state index in [0.717, 1.165) is 41.5 Å². The highest BCUT2D eigenvalue weighted by molar-refractivity contribution is 6.31. The zero-order chi connectivity index (χ0) is 22.7. The number of halogens is 1. The molecule has 1 amide bonds. The number of hydrogen-bond donors (Lipinski definition) is 2. The largest absolute Gasteiger partial charge is 0.489 e. The SMILES string of the molecule is COC(OC)c1ccc(COc2cccc3c2CN([C@H]2CCCCNC2=O)C3O)cc1Cl. The van der Waals surface area contributed by atoms with Crippen LogP contribution in [-0.4, -0.2) is 42.7 Å². The van der Waals surface area contributed by atoms with Gasteiger partial charge >= 0.3 is 0 Å². The van der Waals surface area contributed by atoms with Crippen LogP contribution in [0.3, 0.4) is 0 Å². The van der Waals surface area contributed by atoms with Gasteiger partial charge in [0.25, 0.3) is 0 Å². The molecule has 2 atom stereocenters. The number of aliphatic hydroxyl groups excluding tert-OH is 1. The number of carbonyl (C=O) groups excluding carboxylic acids is 1. The van der Waals surface area contributed by atoms with E-state index in [9.17, 15) is 9.90 Å². The third-order valence-electron chi connectivity index (χ3n) is 6.15. The summed E-state index contributed by atoms with van der Waals surface area (Å²) in [5, 5.41) is 14.4. The molecule has 8 heteroatoms. The molecule has 32 heavy (non-hydrogen) atoms. The van der Waals surface area contributed by atoms with Crippen LogP contribution in [0.1, 0.15) is 54.0 Å². The first-order valence-corrected chi connectivity index (χ1v) is 11.2. The number of amides is 1. The third kappa shape index (κ3) is 4.63. The van der Waals surface area contributed by atoms with Gasteiger partial charge in [0.2, 0.25) is 5.91 Å². The van der Waals surface area contributed by atoms with E-state index >= 15 is 0 Å². The van der Waals surface area contributed by atoms with Gasteiger partial charge in [-0.2, -0.15) is 0 Å². The van der Waals surface area contributed by atoms with Gasteiger partial charge in [-0.3, -0.25) is 9.69 Å². The molecule has 1 saturated heterocycles. The molecule has 0 spiro atoms. The minimum Gasteiger partial charge on any atom is -0.489 e. The van der Waals surface area contributed by atoms with Crippen molar-refractivity contribution in [2.24, 2.45) is 0 Å². The first kappa shape index (κ1) is 23.0. The van der Waals surface area contributed by atoms with Crippen molar-refractivity contribution in [3.05, 3.63) is 63.7 Å². The summed E-state index contributed by atoms with van der Waals surface area (Å²) in [6, 6.07) is 10.9. The lowest BCUT2D eigenvalue weighted by atomic mass is 10.1. The second kappa shape index (κ2) is 10.2. The average molecular weight is 461 g/mol. The normalized spacial score (nSPS) is 21.3. The number of rotatable bonds is 7. The van der Waals surface area contributed by atoms with Crippen molar-refractivity contribution in [3.8, 4) is 5.75 Å². The highest BCUT2D eigenvalue weighted by Crippen LogP contribution is 2.40. The van der Waals surface area contributed by atoms with Gasteiger partial charge in [-0.15, -0.1) is 0 Å². The molecule has 172 valence electrons. The number of aliphatic hydroxyl groups is 1. The summed E-state index contributed by atoms with van der Waals surface area (Å²) >= 11 is 6.42. The Hall–Kier alpha value is -2.16. The molecular formula is C24H29ClN2O5. The summed E-state index contributed by atoms with van der Waals surface area (Å²) in [5.74, 6) is 0.682. The van der Waals surface area contributed by atoms with Crippen LogP contribution in [0.25, 0.3) is 0 Å². The molecule has 0 aliphatic carbocycles. The average Bonchev–Trinajstić information content (AvgIpc) is 2.98. The Kier molecular flexibility index (Phi) is 7.33. The van der Waals surface area contributed by atoms with Crippen LogP contribution in [-0.2, 0) is 27.4 Å². The van der Waals surface area contributed by atoms with Crippen molar-refractivity contribution in [1.29, 1.82) is 0 Å². The van der Waals surface area contributed by atoms with Gasteiger partial charge in [0.1, 0.15) is 18.6 Å². The second-order valence-corrected chi connectivity index (χ2v) is 8.53. The number of nitrogens with zero attached hydrogens (tertiary/aromatic N) is 1. The van der Waals surface area contributed by atoms with E-state index in [4.69, 9.17) is 25.8 Å². The Morgan fingerprint density at radius 3 is 2.78 bits per heavy atom. The van der Waals surface area contributed by atoms with Crippen LogP contribution in [0.15, 0.2) is 36.4 Å². The lowest BCUT2D eigenvalue weighted by Crippen LogP contribution is -2.44. The van der Waals surface area contributed by atoms with Crippen molar-refractivity contribution in [2.75, 3.05) is 20.8 Å². The van der Waals surface area contributed by atoms with Crippen molar-refractivity contribution < 1.29 is 24.1 Å². The first-order chi connectivity index (χ1) is 15.5. The van der Waals surface area contributed by atoms with Crippen molar-refractivity contribution in [1.82, 2.24) is 10.2 Å². The van der Waals surface area contributed by atoms with Gasteiger partial charge in [0, 0.05) is 49.0 Å². The van der Waals surface area contributed by atoms with E-state index in [2.05, 4.69) is 5.32 Å². The molecule has 2 aromatic rings. The van der Waals surface area contributed by atoms with Gasteiger partial charge in [-0.25, -0.2) is 0 Å². The number of ether oxygens (including phenoxy) is 3. The van der Waals surface area contributed by atoms with Crippen LogP contribution in [0.5, 0.6) is 5.75 Å². The van der Waals surface area contributed by atoms with Gasteiger partial charge in [0.15, 0.2) is 6.29 Å². The summed E-state index contributed by atoms with van der Waals surface area (Å²) in [6.07, 6.45) is 1.31. The Morgan fingerprint density at radius 2 is 2.03 bits per heavy atom. The monoisotopic (exact) mass is 460 g/mol. The maximum Gasteiger partial charge on any atom is 0.237 e. The summed E-state index contributed by atoms with van der Waals surface area (Å²) < 4.78 is 16.7. The number of fused-ring (bicyclic) bond motifs is 1. The maximum absolute atomic E-state index is 12.5. The highest BCUT2D eigenvalue weighted by Gasteiger charge is 2.38. The topological polar surface area (TPSA) is 80.3 Å². The summed E-state index contributed by atoms with van der Waals surface area (Å²) in [6.45, 7) is 1.48. The smallest absolute Gasteiger partial charge is 0.237 e. The molecule has 4 rings (SSSR count). The van der Waals surface area contributed by atoms with Crippen molar-refractivity contribution >= 4 is 17.5 Å². The maximum atomic E-state index is 12.5. The lowest BCUT2D eigenvalue weighted by Gasteiger charge is -2.28. The third-order valence-corrected chi connectivity index (χ3v) is 6.48. The minimum atomic E-state index is -0.823. The number of nitrogens with one attached hydrogen (secondary N) is 1. The lowest BCUT2D eigenvalue weighted by molar-refractivity contribution is -0.131. The number of benzene rings is 2. The van der Waals surface area contributed by atoms with Crippen LogP contribution >= 0.6 is 11.6 Å². The summed E-state index contributed by atoms with van der Waals surface area (Å²) in [4.78, 5) is 14.4. The highest BCUT2D eigenvalue weighted by atomic mass is 35.5. The molecule has 2 aromatic carbocycles. The summed E-state index contributed by atoms with van der Waals surface area (Å²) in [7, 11) is 3.13. The first-order valence-electron chi connectivity index (χ1n) is 10.8. The fourth-order valence-electron chi connectivity index (χ4n) is 4.46. The molecule has 1 unspecified atom stereocenters. The standard InChI is InChI=1S/C24H29ClN2O5/c1-30-24(31-2)17-10-9-15(12-19(17)25)14-32-21-8-5-6-16-18(21)13-27(23(16)29)20-7-3-4-11-26-22(20)28/h5-6,8-10,12,20,23-24,29H,3-4,7,11,13-14H2,1-2H3,(H,26,28)/t20-,23?/m0/s1.